The molecule has 42 heavy (non-hydrogen) atoms. The molecule has 1 aliphatic heterocycles. The van der Waals surface area contributed by atoms with Gasteiger partial charge in [-0.3, -0.25) is 9.59 Å². The molecular formula is C33H37N5O4. The van der Waals surface area contributed by atoms with Gasteiger partial charge in [0.1, 0.15) is 5.69 Å². The van der Waals surface area contributed by atoms with Crippen molar-refractivity contribution in [1.29, 1.82) is 0 Å². The average Bonchev–Trinajstić information content (AvgIpc) is 3.45. The Morgan fingerprint density at radius 3 is 1.88 bits per heavy atom. The molecule has 2 amide bonds. The Balaban J connectivity index is 1.09. The van der Waals surface area contributed by atoms with Gasteiger partial charge in [-0.2, -0.15) is 0 Å². The lowest BCUT2D eigenvalue weighted by atomic mass is 10.1. The smallest absolute Gasteiger partial charge is 0.272 e. The molecule has 0 bridgehead atoms. The summed E-state index contributed by atoms with van der Waals surface area (Å²) in [5.74, 6) is -0.308. The number of nitrogens with one attached hydrogen (secondary N) is 3. The highest BCUT2D eigenvalue weighted by Crippen LogP contribution is 2.24. The molecule has 1 saturated heterocycles. The molecule has 3 aromatic carbocycles. The second-order valence-electron chi connectivity index (χ2n) is 10.3. The topological polar surface area (TPSA) is 96.9 Å². The molecule has 3 N–H and O–H groups in total. The summed E-state index contributed by atoms with van der Waals surface area (Å²) >= 11 is 0. The number of carbonyl (C=O) groups is 2. The van der Waals surface area contributed by atoms with Crippen LogP contribution in [0.1, 0.15) is 33.7 Å². The third-order valence-electron chi connectivity index (χ3n) is 7.33. The number of anilines is 5. The summed E-state index contributed by atoms with van der Waals surface area (Å²) in [5.41, 5.74) is 5.51. The van der Waals surface area contributed by atoms with Crippen molar-refractivity contribution in [2.45, 2.75) is 18.9 Å². The number of aryl methyl sites for hydroxylation is 1. The van der Waals surface area contributed by atoms with E-state index in [1.165, 1.54) is 0 Å². The molecule has 4 aromatic rings. The molecule has 1 fully saturated rings. The van der Waals surface area contributed by atoms with Gasteiger partial charge in [0, 0.05) is 67.4 Å². The number of benzene rings is 3. The summed E-state index contributed by atoms with van der Waals surface area (Å²) in [4.78, 5) is 27.6. The van der Waals surface area contributed by atoms with E-state index in [2.05, 4.69) is 20.9 Å². The number of methoxy groups -OCH3 is 1. The van der Waals surface area contributed by atoms with Crippen LogP contribution in [0, 0.1) is 0 Å². The quantitative estimate of drug-likeness (QED) is 0.195. The number of hydrogen-bond acceptors (Lipinski definition) is 6. The standard InChI is InChI=1S/C33H37N5O4/c1-37-19-3-4-31(37)33(40)36-28-13-9-26(10-14-28)34-25-7-11-27(12-8-25)35-32(39)24-5-15-29(16-6-24)38-20-17-30(18-21-38)42-23-22-41-2/h3-16,19,30,34H,17-18,20-23H2,1-2H3,(H,35,39)(H,36,40). The summed E-state index contributed by atoms with van der Waals surface area (Å²) in [6.07, 6.45) is 4.08. The first-order chi connectivity index (χ1) is 20.5. The van der Waals surface area contributed by atoms with Crippen LogP contribution in [0.15, 0.2) is 91.1 Å². The fraction of sp³-hybridized carbons (Fsp3) is 0.273. The largest absolute Gasteiger partial charge is 0.382 e. The minimum Gasteiger partial charge on any atom is -0.382 e. The Morgan fingerprint density at radius 1 is 0.762 bits per heavy atom. The van der Waals surface area contributed by atoms with Gasteiger partial charge in [0.25, 0.3) is 11.8 Å². The van der Waals surface area contributed by atoms with E-state index in [0.29, 0.717) is 35.8 Å². The van der Waals surface area contributed by atoms with Crippen LogP contribution in [0.4, 0.5) is 28.4 Å². The molecule has 2 heterocycles. The van der Waals surface area contributed by atoms with Crippen LogP contribution in [-0.2, 0) is 16.5 Å². The van der Waals surface area contributed by atoms with Crippen LogP contribution < -0.4 is 20.9 Å². The van der Waals surface area contributed by atoms with Crippen molar-refractivity contribution in [2.24, 2.45) is 7.05 Å². The number of hydrogen-bond donors (Lipinski definition) is 3. The Hall–Kier alpha value is -4.60. The molecule has 0 radical (unpaired) electrons. The van der Waals surface area contributed by atoms with E-state index >= 15 is 0 Å². The summed E-state index contributed by atoms with van der Waals surface area (Å²) in [6, 6.07) is 26.4. The highest BCUT2D eigenvalue weighted by atomic mass is 16.5. The van der Waals surface area contributed by atoms with Crippen molar-refractivity contribution >= 4 is 40.3 Å². The predicted molar refractivity (Wildman–Crippen MR) is 167 cm³/mol. The lowest BCUT2D eigenvalue weighted by molar-refractivity contribution is 0.00610. The van der Waals surface area contributed by atoms with E-state index in [1.807, 2.05) is 92.1 Å². The van der Waals surface area contributed by atoms with E-state index in [4.69, 9.17) is 9.47 Å². The average molecular weight is 568 g/mol. The van der Waals surface area contributed by atoms with E-state index in [9.17, 15) is 9.59 Å². The number of aromatic nitrogens is 1. The zero-order valence-corrected chi connectivity index (χ0v) is 24.0. The molecule has 218 valence electrons. The zero-order valence-electron chi connectivity index (χ0n) is 24.0. The number of rotatable bonds is 11. The maximum absolute atomic E-state index is 12.8. The number of amides is 2. The molecule has 0 unspecified atom stereocenters. The second-order valence-corrected chi connectivity index (χ2v) is 10.3. The fourth-order valence-electron chi connectivity index (χ4n) is 4.94. The zero-order chi connectivity index (χ0) is 29.3. The number of ether oxygens (including phenoxy) is 2. The van der Waals surface area contributed by atoms with Crippen molar-refractivity contribution in [2.75, 3.05) is 54.3 Å². The summed E-state index contributed by atoms with van der Waals surface area (Å²) in [7, 11) is 3.52. The minimum atomic E-state index is -0.156. The van der Waals surface area contributed by atoms with Crippen molar-refractivity contribution in [3.63, 3.8) is 0 Å². The minimum absolute atomic E-state index is 0.152. The number of piperidine rings is 1. The van der Waals surface area contributed by atoms with Gasteiger partial charge in [-0.15, -0.1) is 0 Å². The Bertz CT molecular complexity index is 1460. The Labute approximate surface area is 246 Å². The van der Waals surface area contributed by atoms with E-state index in [-0.39, 0.29) is 17.9 Å². The second kappa shape index (κ2) is 13.8. The SMILES string of the molecule is COCCOC1CCN(c2ccc(C(=O)Nc3ccc(Nc4ccc(NC(=O)c5cccn5C)cc4)cc3)cc2)CC1. The van der Waals surface area contributed by atoms with Gasteiger partial charge in [-0.1, -0.05) is 0 Å². The lowest BCUT2D eigenvalue weighted by Gasteiger charge is -2.33. The van der Waals surface area contributed by atoms with E-state index in [1.54, 1.807) is 17.7 Å². The van der Waals surface area contributed by atoms with Crippen molar-refractivity contribution in [3.05, 3.63) is 102 Å². The molecular weight excluding hydrogens is 530 g/mol. The predicted octanol–water partition coefficient (Wildman–Crippen LogP) is 5.91. The van der Waals surface area contributed by atoms with Crippen LogP contribution in [0.5, 0.6) is 0 Å². The van der Waals surface area contributed by atoms with Crippen molar-refractivity contribution in [1.82, 2.24) is 4.57 Å². The molecule has 9 nitrogen and oxygen atoms in total. The number of nitrogens with zero attached hydrogens (tertiary/aromatic N) is 2. The van der Waals surface area contributed by atoms with Crippen molar-refractivity contribution in [3.8, 4) is 0 Å². The van der Waals surface area contributed by atoms with Crippen LogP contribution in [-0.4, -0.2) is 55.9 Å². The summed E-state index contributed by atoms with van der Waals surface area (Å²) < 4.78 is 12.7. The molecule has 9 heteroatoms. The van der Waals surface area contributed by atoms with Crippen LogP contribution in [0.3, 0.4) is 0 Å². The van der Waals surface area contributed by atoms with Gasteiger partial charge >= 0.3 is 0 Å². The molecule has 0 spiro atoms. The van der Waals surface area contributed by atoms with Gasteiger partial charge in [0.15, 0.2) is 0 Å². The van der Waals surface area contributed by atoms with Gasteiger partial charge in [0.05, 0.1) is 19.3 Å². The van der Waals surface area contributed by atoms with Gasteiger partial charge < -0.3 is 34.9 Å². The third-order valence-corrected chi connectivity index (χ3v) is 7.33. The number of carbonyl (C=O) groups excluding carboxylic acids is 2. The Kier molecular flexibility index (Phi) is 9.53. The summed E-state index contributed by atoms with van der Waals surface area (Å²) in [5, 5.41) is 9.21. The van der Waals surface area contributed by atoms with E-state index < -0.39 is 0 Å². The van der Waals surface area contributed by atoms with Crippen LogP contribution in [0.2, 0.25) is 0 Å². The van der Waals surface area contributed by atoms with Crippen molar-refractivity contribution < 1.29 is 19.1 Å². The first-order valence-corrected chi connectivity index (χ1v) is 14.2. The van der Waals surface area contributed by atoms with Crippen LogP contribution >= 0.6 is 0 Å². The van der Waals surface area contributed by atoms with Gasteiger partial charge in [-0.25, -0.2) is 0 Å². The van der Waals surface area contributed by atoms with Crippen LogP contribution in [0.25, 0.3) is 0 Å². The molecule has 5 rings (SSSR count). The third kappa shape index (κ3) is 7.57. The Morgan fingerprint density at radius 2 is 1.33 bits per heavy atom. The maximum atomic E-state index is 12.8. The highest BCUT2D eigenvalue weighted by Gasteiger charge is 2.20. The van der Waals surface area contributed by atoms with E-state index in [0.717, 1.165) is 43.0 Å². The monoisotopic (exact) mass is 567 g/mol. The fourth-order valence-corrected chi connectivity index (χ4v) is 4.94. The van der Waals surface area contributed by atoms with Gasteiger partial charge in [-0.05, 0) is 97.8 Å². The lowest BCUT2D eigenvalue weighted by Crippen LogP contribution is -2.37. The molecule has 0 aliphatic carbocycles. The van der Waals surface area contributed by atoms with Gasteiger partial charge in [0.2, 0.25) is 0 Å². The molecule has 1 aliphatic rings. The highest BCUT2D eigenvalue weighted by molar-refractivity contribution is 6.04. The molecule has 0 atom stereocenters. The summed E-state index contributed by atoms with van der Waals surface area (Å²) in [6.45, 7) is 3.12. The first-order valence-electron chi connectivity index (χ1n) is 14.2. The molecule has 1 aromatic heterocycles. The normalized spacial score (nSPS) is 13.5. The molecule has 0 saturated carbocycles. The first kappa shape index (κ1) is 28.9. The maximum Gasteiger partial charge on any atom is 0.272 e.